The first kappa shape index (κ1) is 23.8. The van der Waals surface area contributed by atoms with Crippen LogP contribution in [-0.4, -0.2) is 27.6 Å². The molecule has 0 spiro atoms. The molecule has 1 aromatic carbocycles. The van der Waals surface area contributed by atoms with E-state index in [1.54, 1.807) is 27.0 Å². The van der Waals surface area contributed by atoms with Gasteiger partial charge in [-0.15, -0.1) is 0 Å². The van der Waals surface area contributed by atoms with Crippen LogP contribution in [0.5, 0.6) is 0 Å². The van der Waals surface area contributed by atoms with Crippen molar-refractivity contribution in [1.82, 2.24) is 9.97 Å². The number of aryl methyl sites for hydroxylation is 1. The number of ether oxygens (including phenoxy) is 1. The van der Waals surface area contributed by atoms with Crippen LogP contribution in [0, 0.1) is 18.8 Å². The highest BCUT2D eigenvalue weighted by atomic mass is 35.5. The van der Waals surface area contributed by atoms with Crippen molar-refractivity contribution < 1.29 is 14.3 Å². The van der Waals surface area contributed by atoms with E-state index in [9.17, 15) is 9.59 Å². The van der Waals surface area contributed by atoms with E-state index in [1.807, 2.05) is 43.3 Å². The summed E-state index contributed by atoms with van der Waals surface area (Å²) in [4.78, 5) is 33.2. The quantitative estimate of drug-likeness (QED) is 0.505. The first-order valence-corrected chi connectivity index (χ1v) is 10.5. The minimum atomic E-state index is -0.687. The number of hydrogen-bond acceptors (Lipinski definition) is 5. The standard InChI is InChI=1S/C25H23ClN4O3/c1-16-14-18(11-10-17-8-6-5-7-9-17)15-27-22(16)30-23(31)21-19(26)12-13-20(28-21)29-24(32)33-25(2,3)4/h5-9,12-15H,1-4H3,(H,27,30,31)(H,28,29,32). The molecule has 8 heteroatoms. The molecule has 0 bridgehead atoms. The zero-order chi connectivity index (χ0) is 24.0. The summed E-state index contributed by atoms with van der Waals surface area (Å²) in [5.74, 6) is 6.05. The van der Waals surface area contributed by atoms with E-state index in [0.29, 0.717) is 11.4 Å². The molecule has 0 aliphatic rings. The Balaban J connectivity index is 1.73. The molecule has 0 saturated carbocycles. The minimum Gasteiger partial charge on any atom is -0.444 e. The lowest BCUT2D eigenvalue weighted by atomic mass is 10.1. The maximum absolute atomic E-state index is 12.8. The van der Waals surface area contributed by atoms with Crippen LogP contribution >= 0.6 is 11.6 Å². The fourth-order valence-electron chi connectivity index (χ4n) is 2.69. The molecule has 0 saturated heterocycles. The van der Waals surface area contributed by atoms with Gasteiger partial charge in [0.15, 0.2) is 0 Å². The number of anilines is 2. The van der Waals surface area contributed by atoms with Crippen molar-refractivity contribution in [2.75, 3.05) is 10.6 Å². The van der Waals surface area contributed by atoms with E-state index in [4.69, 9.17) is 16.3 Å². The van der Waals surface area contributed by atoms with Gasteiger partial charge in [0, 0.05) is 17.3 Å². The maximum atomic E-state index is 12.8. The highest BCUT2D eigenvalue weighted by Crippen LogP contribution is 2.20. The number of rotatable bonds is 3. The van der Waals surface area contributed by atoms with E-state index in [-0.39, 0.29) is 16.5 Å². The molecule has 0 fully saturated rings. The van der Waals surface area contributed by atoms with Gasteiger partial charge in [0.05, 0.1) is 5.02 Å². The third kappa shape index (κ3) is 7.06. The number of carbonyl (C=O) groups excluding carboxylic acids is 2. The van der Waals surface area contributed by atoms with E-state index in [1.165, 1.54) is 12.1 Å². The predicted octanol–water partition coefficient (Wildman–Crippen LogP) is 5.44. The van der Waals surface area contributed by atoms with Crippen molar-refractivity contribution in [2.24, 2.45) is 0 Å². The van der Waals surface area contributed by atoms with E-state index < -0.39 is 17.6 Å². The smallest absolute Gasteiger partial charge is 0.413 e. The predicted molar refractivity (Wildman–Crippen MR) is 128 cm³/mol. The summed E-state index contributed by atoms with van der Waals surface area (Å²) < 4.78 is 5.20. The molecule has 0 aliphatic heterocycles. The van der Waals surface area contributed by atoms with Gasteiger partial charge in [-0.1, -0.05) is 41.6 Å². The molecule has 0 radical (unpaired) electrons. The average molecular weight is 463 g/mol. The zero-order valence-corrected chi connectivity index (χ0v) is 19.4. The summed E-state index contributed by atoms with van der Waals surface area (Å²) in [6.07, 6.45) is 0.891. The van der Waals surface area contributed by atoms with Gasteiger partial charge in [-0.2, -0.15) is 0 Å². The molecule has 2 N–H and O–H groups in total. The molecule has 3 rings (SSSR count). The first-order chi connectivity index (χ1) is 15.6. The molecular weight excluding hydrogens is 440 g/mol. The molecule has 33 heavy (non-hydrogen) atoms. The SMILES string of the molecule is Cc1cc(C#Cc2ccccc2)cnc1NC(=O)c1nc(NC(=O)OC(C)(C)C)ccc1Cl. The zero-order valence-electron chi connectivity index (χ0n) is 18.7. The van der Waals surface area contributed by atoms with Crippen molar-refractivity contribution in [1.29, 1.82) is 0 Å². The van der Waals surface area contributed by atoms with Gasteiger partial charge in [0.1, 0.15) is 22.9 Å². The van der Waals surface area contributed by atoms with Crippen molar-refractivity contribution in [3.8, 4) is 11.8 Å². The van der Waals surface area contributed by atoms with Crippen LogP contribution in [0.3, 0.4) is 0 Å². The summed E-state index contributed by atoms with van der Waals surface area (Å²) in [5.41, 5.74) is 1.61. The average Bonchev–Trinajstić information content (AvgIpc) is 2.74. The third-order valence-corrected chi connectivity index (χ3v) is 4.43. The summed E-state index contributed by atoms with van der Waals surface area (Å²) in [6, 6.07) is 14.4. The molecule has 0 atom stereocenters. The highest BCUT2D eigenvalue weighted by molar-refractivity contribution is 6.34. The van der Waals surface area contributed by atoms with E-state index in [2.05, 4.69) is 32.4 Å². The number of carbonyl (C=O) groups is 2. The van der Waals surface area contributed by atoms with Crippen LogP contribution in [0.2, 0.25) is 5.02 Å². The molecule has 2 heterocycles. The monoisotopic (exact) mass is 462 g/mol. The normalized spacial score (nSPS) is 10.6. The van der Waals surface area contributed by atoms with Gasteiger partial charge in [-0.3, -0.25) is 10.1 Å². The van der Waals surface area contributed by atoms with Gasteiger partial charge in [0.25, 0.3) is 5.91 Å². The van der Waals surface area contributed by atoms with Gasteiger partial charge in [-0.25, -0.2) is 14.8 Å². The lowest BCUT2D eigenvalue weighted by molar-refractivity contribution is 0.0635. The van der Waals surface area contributed by atoms with Crippen molar-refractivity contribution in [3.63, 3.8) is 0 Å². The first-order valence-electron chi connectivity index (χ1n) is 10.1. The number of halogens is 1. The van der Waals surface area contributed by atoms with E-state index >= 15 is 0 Å². The number of aromatic nitrogens is 2. The molecular formula is C25H23ClN4O3. The summed E-state index contributed by atoms with van der Waals surface area (Å²) >= 11 is 6.16. The Kier molecular flexibility index (Phi) is 7.31. The summed E-state index contributed by atoms with van der Waals surface area (Å²) in [7, 11) is 0. The van der Waals surface area contributed by atoms with Gasteiger partial charge in [0.2, 0.25) is 0 Å². The summed E-state index contributed by atoms with van der Waals surface area (Å²) in [6.45, 7) is 7.05. The van der Waals surface area contributed by atoms with Crippen LogP contribution in [0.4, 0.5) is 16.4 Å². The Morgan fingerprint density at radius 3 is 2.36 bits per heavy atom. The minimum absolute atomic E-state index is 0.0561. The molecule has 2 aromatic heterocycles. The number of nitrogens with one attached hydrogen (secondary N) is 2. The lowest BCUT2D eigenvalue weighted by Crippen LogP contribution is -2.27. The van der Waals surface area contributed by atoms with Crippen LogP contribution in [0.1, 0.15) is 48.0 Å². The molecule has 7 nitrogen and oxygen atoms in total. The Hall–Kier alpha value is -3.89. The molecule has 0 unspecified atom stereocenters. The molecule has 168 valence electrons. The van der Waals surface area contributed by atoms with E-state index in [0.717, 1.165) is 11.1 Å². The topological polar surface area (TPSA) is 93.2 Å². The van der Waals surface area contributed by atoms with Gasteiger partial charge < -0.3 is 10.1 Å². The fourth-order valence-corrected chi connectivity index (χ4v) is 2.88. The second-order valence-electron chi connectivity index (χ2n) is 8.11. The number of hydrogen-bond donors (Lipinski definition) is 2. The van der Waals surface area contributed by atoms with Crippen LogP contribution in [-0.2, 0) is 4.74 Å². The van der Waals surface area contributed by atoms with Crippen molar-refractivity contribution in [2.45, 2.75) is 33.3 Å². The Morgan fingerprint density at radius 1 is 1.00 bits per heavy atom. The Labute approximate surface area is 197 Å². The Morgan fingerprint density at radius 2 is 1.70 bits per heavy atom. The number of nitrogens with zero attached hydrogens (tertiary/aromatic N) is 2. The Bertz CT molecular complexity index is 1240. The molecule has 3 aromatic rings. The lowest BCUT2D eigenvalue weighted by Gasteiger charge is -2.19. The third-order valence-electron chi connectivity index (χ3n) is 4.13. The van der Waals surface area contributed by atoms with Crippen LogP contribution in [0.15, 0.2) is 54.7 Å². The number of benzene rings is 1. The number of pyridine rings is 2. The maximum Gasteiger partial charge on any atom is 0.413 e. The highest BCUT2D eigenvalue weighted by Gasteiger charge is 2.19. The fraction of sp³-hybridized carbons (Fsp3) is 0.200. The second kappa shape index (κ2) is 10.2. The molecule has 2 amide bonds. The van der Waals surface area contributed by atoms with Gasteiger partial charge in [-0.05, 0) is 63.6 Å². The summed E-state index contributed by atoms with van der Waals surface area (Å²) in [5, 5.41) is 5.32. The van der Waals surface area contributed by atoms with Crippen LogP contribution in [0.25, 0.3) is 0 Å². The van der Waals surface area contributed by atoms with Crippen molar-refractivity contribution >= 4 is 35.2 Å². The van der Waals surface area contributed by atoms with Crippen LogP contribution < -0.4 is 10.6 Å². The largest absolute Gasteiger partial charge is 0.444 e. The molecule has 0 aliphatic carbocycles. The van der Waals surface area contributed by atoms with Gasteiger partial charge >= 0.3 is 6.09 Å². The number of amides is 2. The van der Waals surface area contributed by atoms with Crippen molar-refractivity contribution in [3.05, 3.63) is 82.1 Å². The second-order valence-corrected chi connectivity index (χ2v) is 8.52.